The van der Waals surface area contributed by atoms with E-state index in [4.69, 9.17) is 16.3 Å². The molecule has 8 nitrogen and oxygen atoms in total. The normalized spacial score (nSPS) is 13.1. The minimum Gasteiger partial charge on any atom is -0.481 e. The van der Waals surface area contributed by atoms with Gasteiger partial charge in [0.25, 0.3) is 5.91 Å². The van der Waals surface area contributed by atoms with E-state index in [0.29, 0.717) is 10.8 Å². The zero-order valence-corrected chi connectivity index (χ0v) is 18.0. The number of hydrogen-bond donors (Lipinski definition) is 1. The maximum atomic E-state index is 12.8. The molecule has 0 bridgehead atoms. The largest absolute Gasteiger partial charge is 0.481 e. The minimum atomic E-state index is -0.655. The molecule has 2 aromatic carbocycles. The average Bonchev–Trinajstić information content (AvgIpc) is 3.27. The van der Waals surface area contributed by atoms with Gasteiger partial charge in [-0.05, 0) is 86.4 Å². The van der Waals surface area contributed by atoms with Crippen LogP contribution < -0.4 is 10.1 Å². The number of aromatic nitrogens is 4. The van der Waals surface area contributed by atoms with Crippen LogP contribution in [0.3, 0.4) is 0 Å². The Hall–Kier alpha value is -2.97. The van der Waals surface area contributed by atoms with Crippen LogP contribution in [-0.4, -0.2) is 57.8 Å². The molecule has 1 heterocycles. The van der Waals surface area contributed by atoms with Crippen LogP contribution in [0.4, 0.5) is 0 Å². The molecule has 0 fully saturated rings. The first kappa shape index (κ1) is 21.7. The number of nitrogens with zero attached hydrogens (tertiary/aromatic N) is 5. The number of tetrazole rings is 1. The first-order valence-electron chi connectivity index (χ1n) is 9.63. The third-order valence-electron chi connectivity index (χ3n) is 4.59. The van der Waals surface area contributed by atoms with Crippen molar-refractivity contribution in [3.05, 3.63) is 65.4 Å². The van der Waals surface area contributed by atoms with Crippen molar-refractivity contribution in [2.24, 2.45) is 0 Å². The lowest BCUT2D eigenvalue weighted by molar-refractivity contribution is -0.128. The predicted octanol–water partition coefficient (Wildman–Crippen LogP) is 2.89. The van der Waals surface area contributed by atoms with Crippen LogP contribution in [0.25, 0.3) is 5.69 Å². The van der Waals surface area contributed by atoms with Crippen molar-refractivity contribution in [2.75, 3.05) is 20.6 Å². The van der Waals surface area contributed by atoms with Crippen molar-refractivity contribution in [3.63, 3.8) is 0 Å². The monoisotopic (exact) mass is 428 g/mol. The fourth-order valence-corrected chi connectivity index (χ4v) is 3.03. The smallest absolute Gasteiger partial charge is 0.261 e. The van der Waals surface area contributed by atoms with Crippen molar-refractivity contribution >= 4 is 17.5 Å². The summed E-state index contributed by atoms with van der Waals surface area (Å²) in [4.78, 5) is 14.9. The number of carbonyl (C=O) groups excluding carboxylic acids is 1. The number of carbonyl (C=O) groups is 1. The third-order valence-corrected chi connectivity index (χ3v) is 4.84. The van der Waals surface area contributed by atoms with E-state index in [0.717, 1.165) is 24.2 Å². The number of nitrogens with one attached hydrogen (secondary N) is 1. The van der Waals surface area contributed by atoms with E-state index in [2.05, 4.69) is 25.7 Å². The van der Waals surface area contributed by atoms with Crippen LogP contribution in [0.15, 0.2) is 54.9 Å². The van der Waals surface area contributed by atoms with E-state index in [1.807, 2.05) is 50.5 Å². The van der Waals surface area contributed by atoms with E-state index < -0.39 is 6.10 Å². The molecular weight excluding hydrogens is 404 g/mol. The summed E-state index contributed by atoms with van der Waals surface area (Å²) in [5.41, 5.74) is 1.81. The van der Waals surface area contributed by atoms with Crippen LogP contribution in [0, 0.1) is 0 Å². The van der Waals surface area contributed by atoms with Crippen LogP contribution >= 0.6 is 11.6 Å². The summed E-state index contributed by atoms with van der Waals surface area (Å²) < 4.78 is 7.37. The number of amides is 1. The number of hydrogen-bond acceptors (Lipinski definition) is 6. The molecule has 9 heteroatoms. The molecule has 2 atom stereocenters. The third kappa shape index (κ3) is 6.01. The Kier molecular flexibility index (Phi) is 7.37. The minimum absolute atomic E-state index is 0.134. The summed E-state index contributed by atoms with van der Waals surface area (Å²) in [6.45, 7) is 2.57. The van der Waals surface area contributed by atoms with Gasteiger partial charge in [-0.15, -0.1) is 5.10 Å². The van der Waals surface area contributed by atoms with Crippen molar-refractivity contribution in [2.45, 2.75) is 25.5 Å². The van der Waals surface area contributed by atoms with Crippen molar-refractivity contribution in [1.82, 2.24) is 30.4 Å². The van der Waals surface area contributed by atoms with Crippen LogP contribution in [0.5, 0.6) is 5.75 Å². The second kappa shape index (κ2) is 10.2. The maximum Gasteiger partial charge on any atom is 0.261 e. The van der Waals surface area contributed by atoms with E-state index in [1.54, 1.807) is 23.7 Å². The number of benzene rings is 2. The van der Waals surface area contributed by atoms with Gasteiger partial charge in [-0.2, -0.15) is 0 Å². The Morgan fingerprint density at radius 1 is 1.17 bits per heavy atom. The summed E-state index contributed by atoms with van der Waals surface area (Å²) in [6.07, 6.45) is 1.63. The quantitative estimate of drug-likeness (QED) is 0.564. The molecule has 158 valence electrons. The molecule has 0 saturated carbocycles. The Labute approximate surface area is 180 Å². The van der Waals surface area contributed by atoms with Crippen LogP contribution in [-0.2, 0) is 4.79 Å². The van der Waals surface area contributed by atoms with E-state index in [1.165, 1.54) is 6.33 Å². The number of ether oxygens (including phenoxy) is 1. The predicted molar refractivity (Wildman–Crippen MR) is 115 cm³/mol. The van der Waals surface area contributed by atoms with Crippen molar-refractivity contribution < 1.29 is 9.53 Å². The van der Waals surface area contributed by atoms with Gasteiger partial charge in [0, 0.05) is 5.02 Å². The molecule has 1 amide bonds. The van der Waals surface area contributed by atoms with Gasteiger partial charge in [0.1, 0.15) is 12.1 Å². The van der Waals surface area contributed by atoms with Gasteiger partial charge in [0.2, 0.25) is 0 Å². The molecule has 1 aromatic heterocycles. The second-order valence-corrected chi connectivity index (χ2v) is 7.65. The van der Waals surface area contributed by atoms with Crippen molar-refractivity contribution in [1.29, 1.82) is 0 Å². The fraction of sp³-hybridized carbons (Fsp3) is 0.333. The highest BCUT2D eigenvalue weighted by atomic mass is 35.5. The van der Waals surface area contributed by atoms with Gasteiger partial charge >= 0.3 is 0 Å². The Balaban J connectivity index is 1.63. The number of rotatable bonds is 9. The van der Waals surface area contributed by atoms with Gasteiger partial charge in [-0.25, -0.2) is 4.68 Å². The molecule has 0 radical (unpaired) electrons. The van der Waals surface area contributed by atoms with E-state index in [9.17, 15) is 4.79 Å². The molecule has 0 aliphatic rings. The molecule has 2 unspecified atom stereocenters. The highest BCUT2D eigenvalue weighted by Crippen LogP contribution is 2.21. The molecule has 0 saturated heterocycles. The first-order valence-corrected chi connectivity index (χ1v) is 10.0. The highest BCUT2D eigenvalue weighted by Gasteiger charge is 2.20. The first-order chi connectivity index (χ1) is 14.4. The molecular formula is C21H25ClN6O2. The molecule has 0 spiro atoms. The van der Waals surface area contributed by atoms with E-state index >= 15 is 0 Å². The molecule has 30 heavy (non-hydrogen) atoms. The summed E-state index contributed by atoms with van der Waals surface area (Å²) in [5, 5.41) is 14.8. The van der Waals surface area contributed by atoms with Gasteiger partial charge < -0.3 is 15.0 Å². The van der Waals surface area contributed by atoms with Gasteiger partial charge in [0.05, 0.1) is 11.7 Å². The van der Waals surface area contributed by atoms with Gasteiger partial charge in [-0.1, -0.05) is 23.7 Å². The van der Waals surface area contributed by atoms with Gasteiger partial charge in [-0.3, -0.25) is 4.79 Å². The zero-order chi connectivity index (χ0) is 21.5. The van der Waals surface area contributed by atoms with Crippen LogP contribution in [0.2, 0.25) is 5.02 Å². The standard InChI is InChI=1S/C21H25ClN6O2/c1-15(30-19-10-8-18(9-11-19)28-14-23-25-26-28)21(29)24-20(12-13-27(2)3)16-4-6-17(22)7-5-16/h4-11,14-15,20H,12-13H2,1-3H3,(H,24,29). The summed E-state index contributed by atoms with van der Waals surface area (Å²) >= 11 is 6.01. The Morgan fingerprint density at radius 2 is 1.87 bits per heavy atom. The maximum absolute atomic E-state index is 12.8. The lowest BCUT2D eigenvalue weighted by atomic mass is 10.0. The molecule has 3 aromatic rings. The topological polar surface area (TPSA) is 85.2 Å². The summed E-state index contributed by atoms with van der Waals surface area (Å²) in [7, 11) is 4.01. The second-order valence-electron chi connectivity index (χ2n) is 7.21. The van der Waals surface area contributed by atoms with Crippen molar-refractivity contribution in [3.8, 4) is 11.4 Å². The lowest BCUT2D eigenvalue weighted by Gasteiger charge is -2.23. The average molecular weight is 429 g/mol. The molecule has 3 rings (SSSR count). The van der Waals surface area contributed by atoms with Gasteiger partial charge in [0.15, 0.2) is 6.10 Å². The summed E-state index contributed by atoms with van der Waals surface area (Å²) in [5.74, 6) is 0.407. The van der Waals surface area contributed by atoms with Crippen LogP contribution in [0.1, 0.15) is 24.9 Å². The molecule has 1 N–H and O–H groups in total. The highest BCUT2D eigenvalue weighted by molar-refractivity contribution is 6.30. The summed E-state index contributed by atoms with van der Waals surface area (Å²) in [6, 6.07) is 14.6. The lowest BCUT2D eigenvalue weighted by Crippen LogP contribution is -2.39. The molecule has 0 aliphatic carbocycles. The van der Waals surface area contributed by atoms with E-state index in [-0.39, 0.29) is 11.9 Å². The SMILES string of the molecule is CC(Oc1ccc(-n2cnnn2)cc1)C(=O)NC(CCN(C)C)c1ccc(Cl)cc1. The Bertz CT molecular complexity index is 929. The fourth-order valence-electron chi connectivity index (χ4n) is 2.91. The number of halogens is 1. The Morgan fingerprint density at radius 3 is 2.47 bits per heavy atom. The zero-order valence-electron chi connectivity index (χ0n) is 17.2. The molecule has 0 aliphatic heterocycles.